The lowest BCUT2D eigenvalue weighted by Crippen LogP contribution is -2.39. The van der Waals surface area contributed by atoms with E-state index >= 15 is 0 Å². The smallest absolute Gasteiger partial charge is 0.269 e. The highest BCUT2D eigenvalue weighted by Gasteiger charge is 2.23. The Kier molecular flexibility index (Phi) is 5.90. The molecule has 2 atom stereocenters. The highest BCUT2D eigenvalue weighted by molar-refractivity contribution is 7.99. The van der Waals surface area contributed by atoms with Crippen molar-refractivity contribution < 1.29 is 14.8 Å². The van der Waals surface area contributed by atoms with E-state index < -0.39 is 4.92 Å². The van der Waals surface area contributed by atoms with E-state index in [1.807, 2.05) is 18.2 Å². The van der Waals surface area contributed by atoms with E-state index in [1.54, 1.807) is 18.2 Å². The van der Waals surface area contributed by atoms with Crippen molar-refractivity contribution in [1.82, 2.24) is 5.32 Å². The molecule has 1 aliphatic rings. The summed E-state index contributed by atoms with van der Waals surface area (Å²) >= 11 is 1.39. The molecule has 3 rings (SSSR count). The number of rotatable bonds is 5. The maximum atomic E-state index is 12.7. The molecule has 2 aromatic rings. The largest absolute Gasteiger partial charge is 0.393 e. The van der Waals surface area contributed by atoms with Crippen molar-refractivity contribution in [3.8, 4) is 0 Å². The molecule has 0 saturated heterocycles. The Morgan fingerprint density at radius 3 is 2.58 bits per heavy atom. The van der Waals surface area contributed by atoms with Crippen LogP contribution in [0.3, 0.4) is 0 Å². The van der Waals surface area contributed by atoms with Gasteiger partial charge in [-0.1, -0.05) is 23.9 Å². The highest BCUT2D eigenvalue weighted by Crippen LogP contribution is 2.31. The van der Waals surface area contributed by atoms with Crippen LogP contribution in [0.1, 0.15) is 36.0 Å². The third-order valence-electron chi connectivity index (χ3n) is 4.39. The minimum Gasteiger partial charge on any atom is -0.393 e. The second-order valence-corrected chi connectivity index (χ2v) is 7.46. The van der Waals surface area contributed by atoms with E-state index in [1.165, 1.54) is 23.9 Å². The molecule has 1 fully saturated rings. The number of carbonyl (C=O) groups excluding carboxylic acids is 1. The molecule has 26 heavy (non-hydrogen) atoms. The maximum absolute atomic E-state index is 12.7. The highest BCUT2D eigenvalue weighted by atomic mass is 32.2. The monoisotopic (exact) mass is 372 g/mol. The number of carbonyl (C=O) groups is 1. The molecular weight excluding hydrogens is 352 g/mol. The number of hydrogen-bond donors (Lipinski definition) is 2. The molecule has 0 aromatic heterocycles. The molecule has 6 nitrogen and oxygen atoms in total. The minimum atomic E-state index is -0.436. The van der Waals surface area contributed by atoms with Crippen molar-refractivity contribution in [3.63, 3.8) is 0 Å². The lowest BCUT2D eigenvalue weighted by atomic mass is 9.93. The van der Waals surface area contributed by atoms with Crippen molar-refractivity contribution >= 4 is 23.4 Å². The summed E-state index contributed by atoms with van der Waals surface area (Å²) in [5, 5.41) is 23.5. The van der Waals surface area contributed by atoms with Gasteiger partial charge in [0.25, 0.3) is 11.6 Å². The first-order valence-electron chi connectivity index (χ1n) is 8.53. The van der Waals surface area contributed by atoms with Crippen molar-refractivity contribution in [1.29, 1.82) is 0 Å². The molecule has 0 heterocycles. The molecule has 2 unspecified atom stereocenters. The van der Waals surface area contributed by atoms with E-state index in [2.05, 4.69) is 5.32 Å². The first-order valence-corrected chi connectivity index (χ1v) is 9.35. The number of non-ortho nitro benzene ring substituents is 1. The molecule has 0 bridgehead atoms. The van der Waals surface area contributed by atoms with Gasteiger partial charge in [-0.2, -0.15) is 0 Å². The Labute approximate surface area is 155 Å². The second kappa shape index (κ2) is 8.33. The number of aliphatic hydroxyl groups is 1. The van der Waals surface area contributed by atoms with Crippen molar-refractivity contribution in [2.75, 3.05) is 0 Å². The molecule has 0 radical (unpaired) electrons. The van der Waals surface area contributed by atoms with Crippen LogP contribution in [0.2, 0.25) is 0 Å². The van der Waals surface area contributed by atoms with Crippen LogP contribution in [0.5, 0.6) is 0 Å². The number of nitro benzene ring substituents is 1. The molecule has 1 saturated carbocycles. The van der Waals surface area contributed by atoms with Crippen molar-refractivity contribution in [2.24, 2.45) is 0 Å². The average molecular weight is 372 g/mol. The van der Waals surface area contributed by atoms with Crippen LogP contribution >= 0.6 is 11.8 Å². The zero-order valence-electron chi connectivity index (χ0n) is 14.1. The SMILES string of the molecule is O=C(NC1CCCC(O)C1)c1ccccc1Sc1ccc([N+](=O)[O-])cc1. The minimum absolute atomic E-state index is 0.0105. The number of benzene rings is 2. The topological polar surface area (TPSA) is 92.5 Å². The van der Waals surface area contributed by atoms with Gasteiger partial charge in [-0.05, 0) is 49.9 Å². The average Bonchev–Trinajstić information content (AvgIpc) is 2.62. The molecule has 1 amide bonds. The van der Waals surface area contributed by atoms with Crippen molar-refractivity contribution in [3.05, 3.63) is 64.2 Å². The number of amides is 1. The van der Waals surface area contributed by atoms with Gasteiger partial charge in [-0.25, -0.2) is 0 Å². The number of nitrogens with zero attached hydrogens (tertiary/aromatic N) is 1. The quantitative estimate of drug-likeness (QED) is 0.615. The van der Waals surface area contributed by atoms with Gasteiger partial charge >= 0.3 is 0 Å². The molecule has 0 aliphatic heterocycles. The van der Waals surface area contributed by atoms with Gasteiger partial charge in [-0.15, -0.1) is 0 Å². The zero-order chi connectivity index (χ0) is 18.5. The first kappa shape index (κ1) is 18.4. The van der Waals surface area contributed by atoms with E-state index in [9.17, 15) is 20.0 Å². The van der Waals surface area contributed by atoms with Gasteiger partial charge in [0.15, 0.2) is 0 Å². The molecule has 1 aliphatic carbocycles. The number of aliphatic hydroxyl groups excluding tert-OH is 1. The maximum Gasteiger partial charge on any atom is 0.269 e. The van der Waals surface area contributed by atoms with Gasteiger partial charge < -0.3 is 10.4 Å². The third kappa shape index (κ3) is 4.62. The van der Waals surface area contributed by atoms with E-state index in [4.69, 9.17) is 0 Å². The Morgan fingerprint density at radius 1 is 1.15 bits per heavy atom. The molecular formula is C19H20N2O4S. The Bertz CT molecular complexity index is 794. The lowest BCUT2D eigenvalue weighted by molar-refractivity contribution is -0.384. The summed E-state index contributed by atoms with van der Waals surface area (Å²) in [5.74, 6) is -0.158. The van der Waals surface area contributed by atoms with Crippen LogP contribution in [-0.4, -0.2) is 28.1 Å². The van der Waals surface area contributed by atoms with Crippen LogP contribution in [0, 0.1) is 10.1 Å². The van der Waals surface area contributed by atoms with Gasteiger partial charge in [0.05, 0.1) is 16.6 Å². The zero-order valence-corrected chi connectivity index (χ0v) is 14.9. The third-order valence-corrected chi connectivity index (χ3v) is 5.47. The summed E-state index contributed by atoms with van der Waals surface area (Å²) in [6.45, 7) is 0. The van der Waals surface area contributed by atoms with Crippen LogP contribution in [-0.2, 0) is 0 Å². The van der Waals surface area contributed by atoms with Gasteiger partial charge in [0.2, 0.25) is 0 Å². The van der Waals surface area contributed by atoms with Crippen molar-refractivity contribution in [2.45, 2.75) is 47.6 Å². The standard InChI is InChI=1S/C19H20N2O4S/c22-15-5-3-4-13(12-15)20-19(23)17-6-1-2-7-18(17)26-16-10-8-14(9-11-16)21(24)25/h1-2,6-11,13,15,22H,3-5,12H2,(H,20,23). The normalized spacial score (nSPS) is 19.7. The summed E-state index contributed by atoms with van der Waals surface area (Å²) in [6, 6.07) is 13.5. The van der Waals surface area contributed by atoms with E-state index in [0.717, 1.165) is 29.1 Å². The fraction of sp³-hybridized carbons (Fsp3) is 0.316. The summed E-state index contributed by atoms with van der Waals surface area (Å²) in [4.78, 5) is 24.6. The molecule has 136 valence electrons. The predicted octanol–water partition coefficient (Wildman–Crippen LogP) is 3.78. The number of hydrogen-bond acceptors (Lipinski definition) is 5. The van der Waals surface area contributed by atoms with Gasteiger partial charge in [0.1, 0.15) is 0 Å². The summed E-state index contributed by atoms with van der Waals surface area (Å²) in [7, 11) is 0. The Morgan fingerprint density at radius 2 is 1.88 bits per heavy atom. The molecule has 7 heteroatoms. The number of nitro groups is 1. The predicted molar refractivity (Wildman–Crippen MR) is 99.4 cm³/mol. The Hall–Kier alpha value is -2.38. The van der Waals surface area contributed by atoms with E-state index in [-0.39, 0.29) is 23.7 Å². The fourth-order valence-electron chi connectivity index (χ4n) is 3.06. The molecule has 0 spiro atoms. The van der Waals surface area contributed by atoms with Crippen LogP contribution in [0.15, 0.2) is 58.3 Å². The van der Waals surface area contributed by atoms with Gasteiger partial charge in [-0.3, -0.25) is 14.9 Å². The molecule has 2 N–H and O–H groups in total. The van der Waals surface area contributed by atoms with Gasteiger partial charge in [0, 0.05) is 28.0 Å². The Balaban J connectivity index is 1.73. The summed E-state index contributed by atoms with van der Waals surface area (Å²) < 4.78 is 0. The summed E-state index contributed by atoms with van der Waals surface area (Å²) in [5.41, 5.74) is 0.604. The van der Waals surface area contributed by atoms with Crippen LogP contribution in [0.4, 0.5) is 5.69 Å². The second-order valence-electron chi connectivity index (χ2n) is 6.34. The first-order chi connectivity index (χ1) is 12.5. The lowest BCUT2D eigenvalue weighted by Gasteiger charge is -2.26. The number of nitrogens with one attached hydrogen (secondary N) is 1. The molecule has 2 aromatic carbocycles. The van der Waals surface area contributed by atoms with E-state index in [0.29, 0.717) is 12.0 Å². The fourth-order valence-corrected chi connectivity index (χ4v) is 4.01. The van der Waals surface area contributed by atoms with Crippen LogP contribution < -0.4 is 5.32 Å². The summed E-state index contributed by atoms with van der Waals surface area (Å²) in [6.07, 6.45) is 2.81. The van der Waals surface area contributed by atoms with Crippen LogP contribution in [0.25, 0.3) is 0 Å².